The predicted molar refractivity (Wildman–Crippen MR) is 68.2 cm³/mol. The van der Waals surface area contributed by atoms with Gasteiger partial charge >= 0.3 is 5.97 Å². The van der Waals surface area contributed by atoms with Crippen LogP contribution in [-0.4, -0.2) is 59.1 Å². The summed E-state index contributed by atoms with van der Waals surface area (Å²) in [6, 6.07) is 0.526. The molecule has 0 aromatic rings. The van der Waals surface area contributed by atoms with Gasteiger partial charge in [-0.2, -0.15) is 11.8 Å². The minimum absolute atomic E-state index is 0.0715. The zero-order chi connectivity index (χ0) is 12.8. The van der Waals surface area contributed by atoms with Gasteiger partial charge in [-0.25, -0.2) is 0 Å². The molecule has 1 amide bonds. The molecular weight excluding hydrogens is 240 g/mol. The molecule has 0 radical (unpaired) electrons. The molecule has 0 atom stereocenters. The lowest BCUT2D eigenvalue weighted by Gasteiger charge is -2.42. The van der Waals surface area contributed by atoms with Gasteiger partial charge in [-0.3, -0.25) is 14.5 Å². The molecule has 0 unspecified atom stereocenters. The molecule has 0 bridgehead atoms. The van der Waals surface area contributed by atoms with Gasteiger partial charge in [0.1, 0.15) is 0 Å². The SMILES string of the molecule is CCN(CC(=O)O)C1CC(NC(=O)CSC)C1. The summed E-state index contributed by atoms with van der Waals surface area (Å²) in [5.74, 6) is -0.225. The van der Waals surface area contributed by atoms with Crippen molar-refractivity contribution in [3.05, 3.63) is 0 Å². The van der Waals surface area contributed by atoms with Gasteiger partial charge in [0.15, 0.2) is 0 Å². The lowest BCUT2D eigenvalue weighted by molar-refractivity contribution is -0.139. The summed E-state index contributed by atoms with van der Waals surface area (Å²) in [4.78, 5) is 23.9. The van der Waals surface area contributed by atoms with E-state index >= 15 is 0 Å². The summed E-state index contributed by atoms with van der Waals surface area (Å²) in [6.07, 6.45) is 3.62. The molecule has 1 aliphatic rings. The van der Waals surface area contributed by atoms with Crippen molar-refractivity contribution in [3.63, 3.8) is 0 Å². The highest BCUT2D eigenvalue weighted by atomic mass is 32.2. The van der Waals surface area contributed by atoms with Gasteiger partial charge in [-0.15, -0.1) is 0 Å². The van der Waals surface area contributed by atoms with Gasteiger partial charge in [0.2, 0.25) is 5.91 Å². The van der Waals surface area contributed by atoms with Crippen LogP contribution in [0.3, 0.4) is 0 Å². The Hall–Kier alpha value is -0.750. The third-order valence-corrected chi connectivity index (χ3v) is 3.57. The quantitative estimate of drug-likeness (QED) is 0.693. The number of carbonyl (C=O) groups is 2. The predicted octanol–water partition coefficient (Wildman–Crippen LogP) is 0.403. The summed E-state index contributed by atoms with van der Waals surface area (Å²) in [6.45, 7) is 2.79. The van der Waals surface area contributed by atoms with Crippen LogP contribution in [0.25, 0.3) is 0 Å². The molecule has 0 aliphatic heterocycles. The van der Waals surface area contributed by atoms with E-state index < -0.39 is 5.97 Å². The Labute approximate surface area is 106 Å². The third-order valence-electron chi connectivity index (χ3n) is 3.01. The lowest BCUT2D eigenvalue weighted by Crippen LogP contribution is -2.55. The maximum absolute atomic E-state index is 11.3. The second-order valence-electron chi connectivity index (χ2n) is 4.28. The minimum atomic E-state index is -0.790. The molecule has 0 saturated heterocycles. The van der Waals surface area contributed by atoms with Crippen molar-refractivity contribution in [2.75, 3.05) is 25.1 Å². The molecule has 2 N–H and O–H groups in total. The van der Waals surface area contributed by atoms with E-state index in [4.69, 9.17) is 5.11 Å². The number of hydrogen-bond acceptors (Lipinski definition) is 4. The first kappa shape index (κ1) is 14.3. The van der Waals surface area contributed by atoms with E-state index in [1.54, 1.807) is 0 Å². The number of nitrogens with zero attached hydrogens (tertiary/aromatic N) is 1. The van der Waals surface area contributed by atoms with E-state index in [1.165, 1.54) is 11.8 Å². The summed E-state index contributed by atoms with van der Waals surface area (Å²) >= 11 is 1.51. The van der Waals surface area contributed by atoms with Crippen LogP contribution < -0.4 is 5.32 Å². The van der Waals surface area contributed by atoms with Gasteiger partial charge in [0, 0.05) is 12.1 Å². The lowest BCUT2D eigenvalue weighted by atomic mass is 9.85. The van der Waals surface area contributed by atoms with Crippen LogP contribution in [0.15, 0.2) is 0 Å². The fourth-order valence-electron chi connectivity index (χ4n) is 2.08. The van der Waals surface area contributed by atoms with Crippen molar-refractivity contribution < 1.29 is 14.7 Å². The highest BCUT2D eigenvalue weighted by molar-refractivity contribution is 7.99. The second-order valence-corrected chi connectivity index (χ2v) is 5.15. The van der Waals surface area contributed by atoms with Crippen LogP contribution in [0.1, 0.15) is 19.8 Å². The van der Waals surface area contributed by atoms with E-state index in [2.05, 4.69) is 5.32 Å². The summed E-state index contributed by atoms with van der Waals surface area (Å²) in [5, 5.41) is 11.7. The Morgan fingerprint density at radius 3 is 2.59 bits per heavy atom. The molecule has 0 aromatic heterocycles. The van der Waals surface area contributed by atoms with Crippen LogP contribution in [0.5, 0.6) is 0 Å². The molecule has 0 heterocycles. The summed E-state index contributed by atoms with van der Waals surface area (Å²) < 4.78 is 0. The molecule has 1 aliphatic carbocycles. The van der Waals surface area contributed by atoms with E-state index in [0.29, 0.717) is 11.8 Å². The Bertz CT molecular complexity index is 280. The fourth-order valence-corrected chi connectivity index (χ4v) is 2.42. The molecule has 98 valence electrons. The molecular formula is C11H20N2O3S. The zero-order valence-corrected chi connectivity index (χ0v) is 11.1. The number of likely N-dealkylation sites (N-methyl/N-ethyl adjacent to an activating group) is 1. The van der Waals surface area contributed by atoms with Crippen molar-refractivity contribution >= 4 is 23.6 Å². The van der Waals surface area contributed by atoms with Crippen LogP contribution in [0.2, 0.25) is 0 Å². The number of carbonyl (C=O) groups excluding carboxylic acids is 1. The van der Waals surface area contributed by atoms with E-state index in [0.717, 1.165) is 19.4 Å². The number of hydrogen-bond donors (Lipinski definition) is 2. The highest BCUT2D eigenvalue weighted by Crippen LogP contribution is 2.25. The van der Waals surface area contributed by atoms with Gasteiger partial charge in [0.05, 0.1) is 12.3 Å². The average molecular weight is 260 g/mol. The number of carboxylic acids is 1. The number of carboxylic acid groups (broad SMARTS) is 1. The standard InChI is InChI=1S/C11H20N2O3S/c1-3-13(6-11(15)16)9-4-8(5-9)12-10(14)7-17-2/h8-9H,3-7H2,1-2H3,(H,12,14)(H,15,16). The van der Waals surface area contributed by atoms with Crippen LogP contribution >= 0.6 is 11.8 Å². The first-order valence-corrected chi connectivity index (χ1v) is 7.20. The number of nitrogens with one attached hydrogen (secondary N) is 1. The van der Waals surface area contributed by atoms with Gasteiger partial charge < -0.3 is 10.4 Å². The molecule has 1 fully saturated rings. The molecule has 17 heavy (non-hydrogen) atoms. The third kappa shape index (κ3) is 4.55. The summed E-state index contributed by atoms with van der Waals surface area (Å²) in [7, 11) is 0. The van der Waals surface area contributed by atoms with Crippen molar-refractivity contribution in [2.45, 2.75) is 31.8 Å². The van der Waals surface area contributed by atoms with E-state index in [-0.39, 0.29) is 18.5 Å². The van der Waals surface area contributed by atoms with E-state index in [1.807, 2.05) is 18.1 Å². The maximum atomic E-state index is 11.3. The molecule has 5 nitrogen and oxygen atoms in total. The monoisotopic (exact) mass is 260 g/mol. The fraction of sp³-hybridized carbons (Fsp3) is 0.818. The number of aliphatic carboxylic acids is 1. The molecule has 0 aromatic carbocycles. The zero-order valence-electron chi connectivity index (χ0n) is 10.3. The van der Waals surface area contributed by atoms with Crippen LogP contribution in [0, 0.1) is 0 Å². The average Bonchev–Trinajstić information content (AvgIpc) is 2.20. The van der Waals surface area contributed by atoms with Gasteiger partial charge in [0.25, 0.3) is 0 Å². The Kier molecular flexibility index (Phi) is 5.77. The Morgan fingerprint density at radius 2 is 2.12 bits per heavy atom. The second kappa shape index (κ2) is 6.86. The van der Waals surface area contributed by atoms with Crippen LogP contribution in [-0.2, 0) is 9.59 Å². The van der Waals surface area contributed by atoms with Gasteiger partial charge in [-0.1, -0.05) is 6.92 Å². The normalized spacial score (nSPS) is 23.2. The highest BCUT2D eigenvalue weighted by Gasteiger charge is 2.34. The van der Waals surface area contributed by atoms with Crippen molar-refractivity contribution in [1.82, 2.24) is 10.2 Å². The van der Waals surface area contributed by atoms with Crippen molar-refractivity contribution in [1.29, 1.82) is 0 Å². The molecule has 1 rings (SSSR count). The van der Waals surface area contributed by atoms with Crippen molar-refractivity contribution in [2.24, 2.45) is 0 Å². The topological polar surface area (TPSA) is 69.6 Å². The maximum Gasteiger partial charge on any atom is 0.317 e. The molecule has 1 saturated carbocycles. The molecule has 0 spiro atoms. The largest absolute Gasteiger partial charge is 0.480 e. The Morgan fingerprint density at radius 1 is 1.47 bits per heavy atom. The molecule has 6 heteroatoms. The minimum Gasteiger partial charge on any atom is -0.480 e. The first-order chi connectivity index (χ1) is 8.06. The van der Waals surface area contributed by atoms with Crippen molar-refractivity contribution in [3.8, 4) is 0 Å². The number of thioether (sulfide) groups is 1. The smallest absolute Gasteiger partial charge is 0.317 e. The number of rotatable bonds is 7. The van der Waals surface area contributed by atoms with E-state index in [9.17, 15) is 9.59 Å². The Balaban J connectivity index is 2.25. The van der Waals surface area contributed by atoms with Crippen LogP contribution in [0.4, 0.5) is 0 Å². The number of amides is 1. The summed E-state index contributed by atoms with van der Waals surface area (Å²) in [5.41, 5.74) is 0. The van der Waals surface area contributed by atoms with Gasteiger partial charge in [-0.05, 0) is 25.6 Å². The first-order valence-electron chi connectivity index (χ1n) is 5.81.